The fraction of sp³-hybridized carbons (Fsp3) is 0.400. The molecule has 116 valence electrons. The van der Waals surface area contributed by atoms with Crippen molar-refractivity contribution in [2.75, 3.05) is 38.3 Å². The lowest BCUT2D eigenvalue weighted by Gasteiger charge is -2.26. The molecule has 2 aromatic heterocycles. The van der Waals surface area contributed by atoms with Crippen LogP contribution in [-0.4, -0.2) is 44.4 Å². The van der Waals surface area contributed by atoms with Crippen molar-refractivity contribution < 1.29 is 18.2 Å². The van der Waals surface area contributed by atoms with Gasteiger partial charge in [-0.05, 0) is 17.7 Å². The highest BCUT2D eigenvalue weighted by Crippen LogP contribution is 2.33. The molecule has 1 saturated heterocycles. The summed E-state index contributed by atoms with van der Waals surface area (Å²) in [5.41, 5.74) is 2.20. The van der Waals surface area contributed by atoms with E-state index in [1.54, 1.807) is 23.9 Å². The van der Waals surface area contributed by atoms with E-state index >= 15 is 0 Å². The average molecular weight is 320 g/mol. The lowest BCUT2D eigenvalue weighted by Crippen LogP contribution is -2.36. The highest BCUT2D eigenvalue weighted by Gasteiger charge is 2.25. The zero-order chi connectivity index (χ0) is 15.4. The van der Waals surface area contributed by atoms with E-state index in [1.807, 2.05) is 22.3 Å². The van der Waals surface area contributed by atoms with Crippen molar-refractivity contribution >= 4 is 22.5 Å². The molecule has 0 amide bonds. The van der Waals surface area contributed by atoms with Crippen molar-refractivity contribution in [2.45, 2.75) is 6.54 Å². The van der Waals surface area contributed by atoms with E-state index in [0.717, 1.165) is 42.4 Å². The van der Waals surface area contributed by atoms with Crippen LogP contribution in [0.5, 0.6) is 0 Å². The van der Waals surface area contributed by atoms with Crippen molar-refractivity contribution in [3.05, 3.63) is 30.7 Å². The summed E-state index contributed by atoms with van der Waals surface area (Å²) in [5, 5.41) is 1.15. The number of aromatic nitrogens is 2. The Morgan fingerprint density at radius 3 is 2.82 bits per heavy atom. The predicted molar refractivity (Wildman–Crippen MR) is 82.8 cm³/mol. The van der Waals surface area contributed by atoms with Gasteiger partial charge >= 0.3 is 5.97 Å². The molecule has 2 aromatic rings. The van der Waals surface area contributed by atoms with E-state index in [2.05, 4.69) is 9.88 Å². The van der Waals surface area contributed by atoms with E-state index in [9.17, 15) is 4.79 Å². The minimum Gasteiger partial charge on any atom is -0.464 e. The number of ether oxygens (including phenoxy) is 2. The molecule has 22 heavy (non-hydrogen) atoms. The fourth-order valence-corrected chi connectivity index (χ4v) is 3.50. The van der Waals surface area contributed by atoms with Gasteiger partial charge in [0.2, 0.25) is 0 Å². The van der Waals surface area contributed by atoms with Gasteiger partial charge in [0.25, 0.3) is 6.54 Å². The minimum atomic E-state index is -0.249. The number of hydrogen-bond acceptors (Lipinski definition) is 6. The summed E-state index contributed by atoms with van der Waals surface area (Å²) in [6, 6.07) is 3.96. The number of methoxy groups -OCH3 is 1. The van der Waals surface area contributed by atoms with Gasteiger partial charge in [0.05, 0.1) is 25.9 Å². The third kappa shape index (κ3) is 3.26. The summed E-state index contributed by atoms with van der Waals surface area (Å²) in [5.74, 6) is -0.249. The van der Waals surface area contributed by atoms with Crippen molar-refractivity contribution in [1.82, 2.24) is 4.98 Å². The Bertz CT molecular complexity index is 639. The van der Waals surface area contributed by atoms with Gasteiger partial charge in [0, 0.05) is 25.5 Å². The summed E-state index contributed by atoms with van der Waals surface area (Å²) < 4.78 is 12.1. The molecule has 0 atom stereocenters. The van der Waals surface area contributed by atoms with Gasteiger partial charge in [0.1, 0.15) is 0 Å². The van der Waals surface area contributed by atoms with E-state index in [4.69, 9.17) is 9.47 Å². The van der Waals surface area contributed by atoms with Crippen LogP contribution in [0.25, 0.3) is 11.1 Å². The van der Waals surface area contributed by atoms with Gasteiger partial charge in [-0.2, -0.15) is 0 Å². The Hall–Kier alpha value is -1.99. The maximum absolute atomic E-state index is 11.5. The molecule has 3 rings (SSSR count). The number of carbonyl (C=O) groups excluding carboxylic acids is 1. The molecule has 0 saturated carbocycles. The molecule has 6 nitrogen and oxygen atoms in total. The van der Waals surface area contributed by atoms with Gasteiger partial charge in [-0.25, -0.2) is 4.79 Å². The molecule has 0 N–H and O–H groups in total. The molecule has 0 spiro atoms. The van der Waals surface area contributed by atoms with Gasteiger partial charge in [0.15, 0.2) is 22.7 Å². The van der Waals surface area contributed by atoms with E-state index in [1.165, 1.54) is 7.11 Å². The number of hydrogen-bond donors (Lipinski definition) is 0. The molecule has 0 bridgehead atoms. The Kier molecular flexibility index (Phi) is 4.65. The lowest BCUT2D eigenvalue weighted by atomic mass is 10.1. The highest BCUT2D eigenvalue weighted by atomic mass is 32.1. The van der Waals surface area contributed by atoms with Gasteiger partial charge < -0.3 is 14.4 Å². The molecule has 0 unspecified atom stereocenters. The first kappa shape index (κ1) is 14.9. The van der Waals surface area contributed by atoms with Crippen LogP contribution in [-0.2, 0) is 20.8 Å². The van der Waals surface area contributed by atoms with E-state index in [0.29, 0.717) is 0 Å². The Labute approximate surface area is 133 Å². The maximum Gasteiger partial charge on any atom is 0.373 e. The topological polar surface area (TPSA) is 55.5 Å². The second kappa shape index (κ2) is 6.85. The monoisotopic (exact) mass is 320 g/mol. The molecule has 1 aliphatic rings. The minimum absolute atomic E-state index is 0.226. The summed E-state index contributed by atoms with van der Waals surface area (Å²) in [6.45, 7) is 3.40. The molecule has 3 heterocycles. The quantitative estimate of drug-likeness (QED) is 0.624. The Morgan fingerprint density at radius 2 is 2.14 bits per heavy atom. The fourth-order valence-electron chi connectivity index (χ4n) is 2.38. The molecule has 7 heteroatoms. The van der Waals surface area contributed by atoms with Crippen LogP contribution in [0.2, 0.25) is 0 Å². The van der Waals surface area contributed by atoms with Crippen molar-refractivity contribution in [3.8, 4) is 11.1 Å². The molecule has 0 radical (unpaired) electrons. The van der Waals surface area contributed by atoms with E-state index < -0.39 is 0 Å². The maximum atomic E-state index is 11.5. The van der Waals surface area contributed by atoms with Crippen molar-refractivity contribution in [1.29, 1.82) is 0 Å². The summed E-state index contributed by atoms with van der Waals surface area (Å²) in [7, 11) is 1.41. The predicted octanol–water partition coefficient (Wildman–Crippen LogP) is 1.11. The largest absolute Gasteiger partial charge is 0.464 e. The molecular weight excluding hydrogens is 302 g/mol. The van der Waals surface area contributed by atoms with Crippen molar-refractivity contribution in [2.24, 2.45) is 0 Å². The molecule has 1 aliphatic heterocycles. The molecule has 0 aromatic carbocycles. The van der Waals surface area contributed by atoms with Crippen LogP contribution in [0.4, 0.5) is 5.00 Å². The van der Waals surface area contributed by atoms with Crippen LogP contribution in [0, 0.1) is 0 Å². The van der Waals surface area contributed by atoms with Crippen LogP contribution < -0.4 is 8.86 Å². The summed E-state index contributed by atoms with van der Waals surface area (Å²) in [6.07, 6.45) is 5.56. The zero-order valence-electron chi connectivity index (χ0n) is 12.4. The Morgan fingerprint density at radius 1 is 1.41 bits per heavy atom. The average Bonchev–Trinajstić information content (AvgIpc) is 3.00. The normalized spacial score (nSPS) is 14.9. The van der Waals surface area contributed by atoms with Gasteiger partial charge in [-0.15, -0.1) is 3.96 Å². The third-order valence-corrected chi connectivity index (χ3v) is 4.63. The van der Waals surface area contributed by atoms with Crippen LogP contribution in [0.1, 0.15) is 0 Å². The number of morpholine rings is 1. The second-order valence-corrected chi connectivity index (χ2v) is 5.96. The second-order valence-electron chi connectivity index (χ2n) is 4.93. The zero-order valence-corrected chi connectivity index (χ0v) is 13.2. The first-order valence-electron chi connectivity index (χ1n) is 7.11. The first-order valence-corrected chi connectivity index (χ1v) is 7.89. The number of rotatable bonds is 4. The number of carbonyl (C=O) groups is 1. The first-order chi connectivity index (χ1) is 10.8. The summed E-state index contributed by atoms with van der Waals surface area (Å²) in [4.78, 5) is 17.9. The molecular formula is C15H18N3O3S+. The Balaban J connectivity index is 1.96. The lowest BCUT2D eigenvalue weighted by molar-refractivity contribution is -0.616. The third-order valence-electron chi connectivity index (χ3n) is 3.51. The molecule has 1 fully saturated rings. The van der Waals surface area contributed by atoms with Crippen LogP contribution in [0.3, 0.4) is 0 Å². The highest BCUT2D eigenvalue weighted by molar-refractivity contribution is 7.07. The SMILES string of the molecule is COC(=O)C[n+]1cc(-c2ccncc2)c(N2CCOCC2)s1. The van der Waals surface area contributed by atoms with Crippen molar-refractivity contribution in [3.63, 3.8) is 0 Å². The van der Waals surface area contributed by atoms with Gasteiger partial charge in [-0.3, -0.25) is 4.98 Å². The number of esters is 1. The standard InChI is InChI=1S/C15H18N3O3S/c1-20-14(19)11-18-10-13(12-2-4-16-5-3-12)15(22-18)17-6-8-21-9-7-17/h2-5,10H,6-9,11H2,1H3/q+1. The number of nitrogens with zero attached hydrogens (tertiary/aromatic N) is 3. The molecule has 0 aliphatic carbocycles. The van der Waals surface area contributed by atoms with Gasteiger partial charge in [-0.1, -0.05) is 0 Å². The number of anilines is 1. The number of pyridine rings is 1. The van der Waals surface area contributed by atoms with Crippen LogP contribution >= 0.6 is 11.5 Å². The van der Waals surface area contributed by atoms with Crippen LogP contribution in [0.15, 0.2) is 30.7 Å². The van der Waals surface area contributed by atoms with E-state index in [-0.39, 0.29) is 12.5 Å². The smallest absolute Gasteiger partial charge is 0.373 e. The summed E-state index contributed by atoms with van der Waals surface area (Å²) >= 11 is 1.57.